The van der Waals surface area contributed by atoms with Gasteiger partial charge >= 0.3 is 0 Å². The maximum atomic E-state index is 11.1. The lowest BCUT2D eigenvalue weighted by atomic mass is 10.0. The summed E-state index contributed by atoms with van der Waals surface area (Å²) in [6.45, 7) is 4.14. The zero-order valence-corrected chi connectivity index (χ0v) is 13.1. The normalized spacial score (nSPS) is 13.8. The summed E-state index contributed by atoms with van der Waals surface area (Å²) in [5.41, 5.74) is 0.916. The highest BCUT2D eigenvalue weighted by Gasteiger charge is 2.21. The zero-order valence-electron chi connectivity index (χ0n) is 12.3. The van der Waals surface area contributed by atoms with Gasteiger partial charge in [-0.05, 0) is 24.8 Å². The third-order valence-corrected chi connectivity index (χ3v) is 4.50. The molecule has 2 unspecified atom stereocenters. The van der Waals surface area contributed by atoms with Crippen molar-refractivity contribution in [2.75, 3.05) is 0 Å². The Morgan fingerprint density at radius 1 is 1.29 bits per heavy atom. The molecule has 1 aromatic carbocycles. The van der Waals surface area contributed by atoms with E-state index in [-0.39, 0.29) is 22.7 Å². The number of hydrogen-bond donors (Lipinski definition) is 1. The fraction of sp³-hybridized carbons (Fsp3) is 0.375. The Morgan fingerprint density at radius 3 is 2.67 bits per heavy atom. The van der Waals surface area contributed by atoms with Crippen molar-refractivity contribution in [1.29, 1.82) is 0 Å². The Kier molecular flexibility index (Phi) is 5.47. The van der Waals surface area contributed by atoms with Crippen LogP contribution in [0.3, 0.4) is 0 Å². The van der Waals surface area contributed by atoms with Crippen LogP contribution in [0.2, 0.25) is 0 Å². The molecular formula is C16H20N2O2S. The van der Waals surface area contributed by atoms with Gasteiger partial charge in [0.2, 0.25) is 0 Å². The monoisotopic (exact) mass is 304 g/mol. The zero-order chi connectivity index (χ0) is 15.2. The van der Waals surface area contributed by atoms with E-state index in [4.69, 9.17) is 0 Å². The molecule has 2 atom stereocenters. The molecule has 0 bridgehead atoms. The third kappa shape index (κ3) is 3.89. The topological polar surface area (TPSA) is 55.2 Å². The van der Waals surface area contributed by atoms with Crippen LogP contribution in [0.4, 0.5) is 5.69 Å². The van der Waals surface area contributed by atoms with Gasteiger partial charge in [-0.15, -0.1) is 11.3 Å². The number of benzene rings is 1. The van der Waals surface area contributed by atoms with E-state index in [0.717, 1.165) is 18.4 Å². The van der Waals surface area contributed by atoms with Crippen LogP contribution in [0.5, 0.6) is 0 Å². The second-order valence-electron chi connectivity index (χ2n) is 5.06. The summed E-state index contributed by atoms with van der Waals surface area (Å²) in [6, 6.07) is 11.3. The lowest BCUT2D eigenvalue weighted by Crippen LogP contribution is -2.24. The van der Waals surface area contributed by atoms with E-state index >= 15 is 0 Å². The Bertz CT molecular complexity index is 584. The van der Waals surface area contributed by atoms with Gasteiger partial charge in [0.15, 0.2) is 0 Å². The standard InChI is InChI=1S/C16H20N2O2S/c1-3-7-14(16-10-6-11-21-16)17-12(2)13-8-4-5-9-15(13)18(19)20/h4-6,8-12,14,17H,3,7H2,1-2H3. The molecule has 4 nitrogen and oxygen atoms in total. The molecule has 0 saturated carbocycles. The molecule has 0 radical (unpaired) electrons. The summed E-state index contributed by atoms with van der Waals surface area (Å²) in [4.78, 5) is 12.1. The molecular weight excluding hydrogens is 284 g/mol. The minimum atomic E-state index is -0.312. The van der Waals surface area contributed by atoms with Gasteiger partial charge < -0.3 is 5.32 Å². The van der Waals surface area contributed by atoms with Gasteiger partial charge in [-0.2, -0.15) is 0 Å². The summed E-state index contributed by atoms with van der Waals surface area (Å²) in [5, 5.41) is 16.7. The first-order valence-electron chi connectivity index (χ1n) is 7.16. The van der Waals surface area contributed by atoms with Crippen LogP contribution in [-0.4, -0.2) is 4.92 Å². The molecule has 0 saturated heterocycles. The van der Waals surface area contributed by atoms with Crippen molar-refractivity contribution >= 4 is 17.0 Å². The number of nitrogens with one attached hydrogen (secondary N) is 1. The molecule has 0 fully saturated rings. The molecule has 1 heterocycles. The van der Waals surface area contributed by atoms with Gasteiger partial charge in [0.05, 0.1) is 4.92 Å². The second-order valence-corrected chi connectivity index (χ2v) is 6.04. The van der Waals surface area contributed by atoms with Gasteiger partial charge in [0.1, 0.15) is 0 Å². The highest BCUT2D eigenvalue weighted by Crippen LogP contribution is 2.30. The molecule has 1 N–H and O–H groups in total. The Hall–Kier alpha value is -1.72. The quantitative estimate of drug-likeness (QED) is 0.587. The molecule has 0 aliphatic rings. The van der Waals surface area contributed by atoms with Crippen molar-refractivity contribution in [2.45, 2.75) is 38.8 Å². The summed E-state index contributed by atoms with van der Waals surface area (Å²) in [6.07, 6.45) is 2.09. The fourth-order valence-electron chi connectivity index (χ4n) is 2.50. The van der Waals surface area contributed by atoms with Crippen LogP contribution in [0.25, 0.3) is 0 Å². The van der Waals surface area contributed by atoms with Crippen molar-refractivity contribution in [3.63, 3.8) is 0 Å². The van der Waals surface area contributed by atoms with Crippen molar-refractivity contribution < 1.29 is 4.92 Å². The van der Waals surface area contributed by atoms with Crippen LogP contribution in [0, 0.1) is 10.1 Å². The number of nitro groups is 1. The third-order valence-electron chi connectivity index (χ3n) is 3.52. The van der Waals surface area contributed by atoms with Crippen LogP contribution in [0.15, 0.2) is 41.8 Å². The number of thiophene rings is 1. The van der Waals surface area contributed by atoms with E-state index in [1.807, 2.05) is 25.1 Å². The first-order chi connectivity index (χ1) is 10.1. The average molecular weight is 304 g/mol. The summed E-state index contributed by atoms with van der Waals surface area (Å²) < 4.78 is 0. The molecule has 0 spiro atoms. The molecule has 2 aromatic rings. The first-order valence-corrected chi connectivity index (χ1v) is 8.04. The van der Waals surface area contributed by atoms with E-state index in [9.17, 15) is 10.1 Å². The molecule has 0 aliphatic heterocycles. The molecule has 0 aliphatic carbocycles. The van der Waals surface area contributed by atoms with Crippen LogP contribution >= 0.6 is 11.3 Å². The highest BCUT2D eigenvalue weighted by molar-refractivity contribution is 7.10. The predicted octanol–water partition coefficient (Wildman–Crippen LogP) is 4.85. The van der Waals surface area contributed by atoms with Crippen LogP contribution < -0.4 is 5.32 Å². The van der Waals surface area contributed by atoms with Gasteiger partial charge in [-0.1, -0.05) is 37.6 Å². The Balaban J connectivity index is 2.19. The predicted molar refractivity (Wildman–Crippen MR) is 86.6 cm³/mol. The largest absolute Gasteiger partial charge is 0.302 e. The summed E-state index contributed by atoms with van der Waals surface area (Å²) in [5.74, 6) is 0. The van der Waals surface area contributed by atoms with Gasteiger partial charge in [-0.3, -0.25) is 10.1 Å². The van der Waals surface area contributed by atoms with Gasteiger partial charge in [0, 0.05) is 28.6 Å². The van der Waals surface area contributed by atoms with Crippen LogP contribution in [-0.2, 0) is 0 Å². The number of para-hydroxylation sites is 1. The minimum absolute atomic E-state index is 0.0646. The Labute approximate surface area is 129 Å². The first kappa shape index (κ1) is 15.7. The minimum Gasteiger partial charge on any atom is -0.302 e. The SMILES string of the molecule is CCCC(NC(C)c1ccccc1[N+](=O)[O-])c1cccs1. The van der Waals surface area contributed by atoms with Gasteiger partial charge in [-0.25, -0.2) is 0 Å². The summed E-state index contributed by atoms with van der Waals surface area (Å²) in [7, 11) is 0. The smallest absolute Gasteiger partial charge is 0.274 e. The van der Waals surface area contributed by atoms with E-state index < -0.39 is 0 Å². The van der Waals surface area contributed by atoms with Crippen molar-refractivity contribution in [1.82, 2.24) is 5.32 Å². The molecule has 2 rings (SSSR count). The van der Waals surface area contributed by atoms with E-state index in [1.165, 1.54) is 4.88 Å². The lowest BCUT2D eigenvalue weighted by molar-refractivity contribution is -0.385. The number of nitrogens with zero attached hydrogens (tertiary/aromatic N) is 1. The van der Waals surface area contributed by atoms with E-state index in [0.29, 0.717) is 0 Å². The summed E-state index contributed by atoms with van der Waals surface area (Å²) >= 11 is 1.72. The highest BCUT2D eigenvalue weighted by atomic mass is 32.1. The van der Waals surface area contributed by atoms with E-state index in [1.54, 1.807) is 23.5 Å². The number of hydrogen-bond acceptors (Lipinski definition) is 4. The fourth-order valence-corrected chi connectivity index (χ4v) is 3.32. The van der Waals surface area contributed by atoms with E-state index in [2.05, 4.69) is 23.7 Å². The van der Waals surface area contributed by atoms with Gasteiger partial charge in [0.25, 0.3) is 5.69 Å². The lowest BCUT2D eigenvalue weighted by Gasteiger charge is -2.22. The average Bonchev–Trinajstić information content (AvgIpc) is 3.00. The second kappa shape index (κ2) is 7.33. The van der Waals surface area contributed by atoms with Crippen molar-refractivity contribution in [2.24, 2.45) is 0 Å². The molecule has 112 valence electrons. The molecule has 1 aromatic heterocycles. The van der Waals surface area contributed by atoms with Crippen LogP contribution in [0.1, 0.15) is 49.2 Å². The van der Waals surface area contributed by atoms with Crippen molar-refractivity contribution in [3.8, 4) is 0 Å². The maximum absolute atomic E-state index is 11.1. The van der Waals surface area contributed by atoms with Crippen molar-refractivity contribution in [3.05, 3.63) is 62.3 Å². The molecule has 0 amide bonds. The molecule has 5 heteroatoms. The number of rotatable bonds is 7. The Morgan fingerprint density at radius 2 is 2.05 bits per heavy atom. The number of nitro benzene ring substituents is 1. The molecule has 21 heavy (non-hydrogen) atoms. The maximum Gasteiger partial charge on any atom is 0.274 e.